The number of thiophene rings is 1. The molecule has 1 aliphatic carbocycles. The molecule has 0 radical (unpaired) electrons. The zero-order valence-electron chi connectivity index (χ0n) is 13.6. The molecule has 0 unspecified atom stereocenters. The van der Waals surface area contributed by atoms with Crippen molar-refractivity contribution in [2.45, 2.75) is 50.2 Å². The maximum absolute atomic E-state index is 12.1. The summed E-state index contributed by atoms with van der Waals surface area (Å²) in [6.07, 6.45) is 7.64. The number of carbonyl (C=O) groups is 1. The van der Waals surface area contributed by atoms with Crippen LogP contribution in [0.2, 0.25) is 0 Å². The highest BCUT2D eigenvalue weighted by Gasteiger charge is 2.43. The van der Waals surface area contributed by atoms with E-state index in [-0.39, 0.29) is 17.6 Å². The monoisotopic (exact) mass is 334 g/mol. The van der Waals surface area contributed by atoms with Crippen molar-refractivity contribution < 1.29 is 9.53 Å². The minimum atomic E-state index is 0.0243. The van der Waals surface area contributed by atoms with Crippen molar-refractivity contribution in [3.8, 4) is 0 Å². The van der Waals surface area contributed by atoms with Gasteiger partial charge in [-0.3, -0.25) is 4.79 Å². The molecular weight excluding hydrogens is 308 g/mol. The minimum absolute atomic E-state index is 0.0243. The average Bonchev–Trinajstić information content (AvgIpc) is 3.05. The Balaban J connectivity index is 1.28. The van der Waals surface area contributed by atoms with Crippen molar-refractivity contribution in [1.29, 1.82) is 0 Å². The number of nitrogens with one attached hydrogen (secondary N) is 1. The first kappa shape index (κ1) is 15.6. The average molecular weight is 334 g/mol. The molecule has 1 spiro atoms. The number of nitrogens with zero attached hydrogens (tertiary/aromatic N) is 1. The molecule has 0 aromatic carbocycles. The maximum atomic E-state index is 12.1. The first-order valence-corrected chi connectivity index (χ1v) is 9.87. The summed E-state index contributed by atoms with van der Waals surface area (Å²) in [4.78, 5) is 14.7. The lowest BCUT2D eigenvalue weighted by Gasteiger charge is -2.39. The van der Waals surface area contributed by atoms with Crippen LogP contribution in [0.4, 0.5) is 0 Å². The summed E-state index contributed by atoms with van der Waals surface area (Å²) in [7, 11) is 0. The van der Waals surface area contributed by atoms with Gasteiger partial charge in [-0.1, -0.05) is 0 Å². The molecule has 126 valence electrons. The van der Waals surface area contributed by atoms with Crippen LogP contribution in [0.1, 0.15) is 48.9 Å². The zero-order valence-corrected chi connectivity index (χ0v) is 14.4. The van der Waals surface area contributed by atoms with Crippen molar-refractivity contribution >= 4 is 17.2 Å². The van der Waals surface area contributed by atoms with Gasteiger partial charge < -0.3 is 15.0 Å². The Hall–Kier alpha value is -0.910. The van der Waals surface area contributed by atoms with Gasteiger partial charge in [-0.05, 0) is 55.9 Å². The Morgan fingerprint density at radius 1 is 1.39 bits per heavy atom. The Morgan fingerprint density at radius 3 is 3.09 bits per heavy atom. The highest BCUT2D eigenvalue weighted by atomic mass is 32.1. The summed E-state index contributed by atoms with van der Waals surface area (Å²) in [5, 5.41) is 6.88. The molecule has 2 atom stereocenters. The van der Waals surface area contributed by atoms with Gasteiger partial charge in [-0.2, -0.15) is 11.3 Å². The lowest BCUT2D eigenvalue weighted by molar-refractivity contribution is -0.118. The van der Waals surface area contributed by atoms with Gasteiger partial charge >= 0.3 is 0 Å². The maximum Gasteiger partial charge on any atom is 0.252 e. The van der Waals surface area contributed by atoms with Gasteiger partial charge in [0, 0.05) is 37.1 Å². The van der Waals surface area contributed by atoms with Crippen LogP contribution in [-0.4, -0.2) is 48.7 Å². The SMILES string of the molecule is O=C(NC[C@@H]1CCC[C@@]2(CCN(CC3CC3)C2)O1)c1ccsc1. The Labute approximate surface area is 142 Å². The Bertz CT molecular complexity index is 543. The van der Waals surface area contributed by atoms with E-state index in [1.165, 1.54) is 38.8 Å². The molecule has 4 nitrogen and oxygen atoms in total. The van der Waals surface area contributed by atoms with Gasteiger partial charge in [-0.15, -0.1) is 0 Å². The van der Waals surface area contributed by atoms with E-state index in [0.29, 0.717) is 6.54 Å². The molecule has 1 aromatic heterocycles. The largest absolute Gasteiger partial charge is 0.369 e. The summed E-state index contributed by atoms with van der Waals surface area (Å²) < 4.78 is 6.48. The van der Waals surface area contributed by atoms with Crippen LogP contribution < -0.4 is 5.32 Å². The van der Waals surface area contributed by atoms with E-state index in [0.717, 1.165) is 30.9 Å². The summed E-state index contributed by atoms with van der Waals surface area (Å²) in [6.45, 7) is 4.19. The number of likely N-dealkylation sites (tertiary alicyclic amines) is 1. The van der Waals surface area contributed by atoms with Gasteiger partial charge in [0.25, 0.3) is 5.91 Å². The van der Waals surface area contributed by atoms with Crippen LogP contribution in [-0.2, 0) is 4.74 Å². The van der Waals surface area contributed by atoms with Crippen LogP contribution >= 0.6 is 11.3 Å². The van der Waals surface area contributed by atoms with Crippen LogP contribution in [0.25, 0.3) is 0 Å². The summed E-state index contributed by atoms with van der Waals surface area (Å²) in [5.41, 5.74) is 0.822. The lowest BCUT2D eigenvalue weighted by Crippen LogP contribution is -2.47. The third-order valence-electron chi connectivity index (χ3n) is 5.46. The minimum Gasteiger partial charge on any atom is -0.369 e. The number of ether oxygens (including phenoxy) is 1. The number of hydrogen-bond acceptors (Lipinski definition) is 4. The fraction of sp³-hybridized carbons (Fsp3) is 0.722. The van der Waals surface area contributed by atoms with Gasteiger partial charge in [0.1, 0.15) is 0 Å². The molecule has 0 bridgehead atoms. The highest BCUT2D eigenvalue weighted by Crippen LogP contribution is 2.38. The molecule has 4 rings (SSSR count). The first-order valence-electron chi connectivity index (χ1n) is 8.93. The van der Waals surface area contributed by atoms with Crippen molar-refractivity contribution in [3.63, 3.8) is 0 Å². The molecule has 23 heavy (non-hydrogen) atoms. The van der Waals surface area contributed by atoms with Gasteiger partial charge in [0.05, 0.1) is 11.7 Å². The van der Waals surface area contributed by atoms with E-state index in [4.69, 9.17) is 4.74 Å². The molecule has 3 heterocycles. The second kappa shape index (κ2) is 6.54. The molecule has 2 aliphatic heterocycles. The highest BCUT2D eigenvalue weighted by molar-refractivity contribution is 7.08. The standard InChI is InChI=1S/C18H26N2O2S/c21-17(15-5-9-23-12-15)19-10-16-2-1-6-18(22-16)7-8-20(13-18)11-14-3-4-14/h5,9,12,14,16H,1-4,6-8,10-11,13H2,(H,19,21)/t16-,18-/m0/s1. The quantitative estimate of drug-likeness (QED) is 0.900. The topological polar surface area (TPSA) is 41.6 Å². The molecule has 1 N–H and O–H groups in total. The third-order valence-corrected chi connectivity index (χ3v) is 6.14. The number of amides is 1. The van der Waals surface area contributed by atoms with E-state index in [1.807, 2.05) is 16.8 Å². The van der Waals surface area contributed by atoms with Gasteiger partial charge in [0.2, 0.25) is 0 Å². The molecule has 3 aliphatic rings. The van der Waals surface area contributed by atoms with E-state index in [1.54, 1.807) is 11.3 Å². The summed E-state index contributed by atoms with van der Waals surface area (Å²) in [6, 6.07) is 1.87. The Kier molecular flexibility index (Phi) is 4.43. The van der Waals surface area contributed by atoms with E-state index < -0.39 is 0 Å². The molecule has 5 heteroatoms. The van der Waals surface area contributed by atoms with Gasteiger partial charge in [-0.25, -0.2) is 0 Å². The fourth-order valence-electron chi connectivity index (χ4n) is 4.02. The molecule has 3 fully saturated rings. The number of carbonyl (C=O) groups excluding carboxylic acids is 1. The smallest absolute Gasteiger partial charge is 0.252 e. The van der Waals surface area contributed by atoms with E-state index >= 15 is 0 Å². The first-order chi connectivity index (χ1) is 11.2. The van der Waals surface area contributed by atoms with Crippen LogP contribution in [0.15, 0.2) is 16.8 Å². The molecule has 1 amide bonds. The normalized spacial score (nSPS) is 31.6. The third kappa shape index (κ3) is 3.78. The molecule has 1 saturated carbocycles. The Morgan fingerprint density at radius 2 is 2.30 bits per heavy atom. The fourth-order valence-corrected chi connectivity index (χ4v) is 4.65. The van der Waals surface area contributed by atoms with Crippen molar-refractivity contribution in [2.75, 3.05) is 26.2 Å². The van der Waals surface area contributed by atoms with E-state index in [9.17, 15) is 4.79 Å². The zero-order chi connectivity index (χ0) is 15.7. The second-order valence-corrected chi connectivity index (χ2v) is 8.25. The van der Waals surface area contributed by atoms with Crippen molar-refractivity contribution in [1.82, 2.24) is 10.2 Å². The van der Waals surface area contributed by atoms with E-state index in [2.05, 4.69) is 10.2 Å². The lowest BCUT2D eigenvalue weighted by atomic mass is 9.90. The van der Waals surface area contributed by atoms with Crippen molar-refractivity contribution in [3.05, 3.63) is 22.4 Å². The van der Waals surface area contributed by atoms with Crippen molar-refractivity contribution in [2.24, 2.45) is 5.92 Å². The number of hydrogen-bond donors (Lipinski definition) is 1. The van der Waals surface area contributed by atoms with Crippen LogP contribution in [0.5, 0.6) is 0 Å². The number of rotatable bonds is 5. The summed E-state index contributed by atoms with van der Waals surface area (Å²) in [5.74, 6) is 0.977. The predicted octanol–water partition coefficient (Wildman–Crippen LogP) is 2.90. The van der Waals surface area contributed by atoms with Crippen LogP contribution in [0, 0.1) is 5.92 Å². The second-order valence-electron chi connectivity index (χ2n) is 7.47. The predicted molar refractivity (Wildman–Crippen MR) is 91.9 cm³/mol. The molecule has 2 saturated heterocycles. The van der Waals surface area contributed by atoms with Gasteiger partial charge in [0.15, 0.2) is 0 Å². The molecule has 1 aromatic rings. The van der Waals surface area contributed by atoms with Crippen LogP contribution in [0.3, 0.4) is 0 Å². The summed E-state index contributed by atoms with van der Waals surface area (Å²) >= 11 is 1.56. The molecular formula is C18H26N2O2S.